The van der Waals surface area contributed by atoms with Crippen molar-refractivity contribution in [2.45, 2.75) is 39.0 Å². The van der Waals surface area contributed by atoms with Crippen molar-refractivity contribution < 1.29 is 0 Å². The van der Waals surface area contributed by atoms with Crippen LogP contribution in [-0.2, 0) is 12.8 Å². The Labute approximate surface area is 117 Å². The predicted octanol–water partition coefficient (Wildman–Crippen LogP) is 3.32. The zero-order valence-electron chi connectivity index (χ0n) is 12.1. The standard InChI is InChI=1S/C17H26N2/c1-14-4-3-10-19(13-14)11-8-15-6-7-17-16(12-15)5-2-9-18-17/h6-7,12,14,18H,2-5,8-11,13H2,1H3. The first-order valence-electron chi connectivity index (χ1n) is 7.89. The molecule has 2 heterocycles. The molecule has 3 rings (SSSR count). The highest BCUT2D eigenvalue weighted by molar-refractivity contribution is 5.54. The summed E-state index contributed by atoms with van der Waals surface area (Å²) in [6.45, 7) is 7.36. The van der Waals surface area contributed by atoms with Gasteiger partial charge in [-0.05, 0) is 61.8 Å². The largest absolute Gasteiger partial charge is 0.385 e. The number of anilines is 1. The third kappa shape index (κ3) is 3.30. The molecule has 1 saturated heterocycles. The van der Waals surface area contributed by atoms with Crippen molar-refractivity contribution in [2.24, 2.45) is 5.92 Å². The van der Waals surface area contributed by atoms with Crippen LogP contribution < -0.4 is 5.32 Å². The molecule has 1 aromatic carbocycles. The van der Waals surface area contributed by atoms with Crippen LogP contribution in [0.2, 0.25) is 0 Å². The lowest BCUT2D eigenvalue weighted by Gasteiger charge is -2.30. The number of rotatable bonds is 3. The molecule has 0 aliphatic carbocycles. The summed E-state index contributed by atoms with van der Waals surface area (Å²) in [6.07, 6.45) is 6.54. The molecule has 1 fully saturated rings. The van der Waals surface area contributed by atoms with E-state index in [-0.39, 0.29) is 0 Å². The average Bonchev–Trinajstić information content (AvgIpc) is 2.45. The topological polar surface area (TPSA) is 15.3 Å². The van der Waals surface area contributed by atoms with Crippen LogP contribution in [0.25, 0.3) is 0 Å². The van der Waals surface area contributed by atoms with E-state index in [1.165, 1.54) is 68.6 Å². The highest BCUT2D eigenvalue weighted by Gasteiger charge is 2.16. The fourth-order valence-electron chi connectivity index (χ4n) is 3.46. The number of hydrogen-bond acceptors (Lipinski definition) is 2. The number of nitrogens with one attached hydrogen (secondary N) is 1. The quantitative estimate of drug-likeness (QED) is 0.894. The van der Waals surface area contributed by atoms with Crippen molar-refractivity contribution in [1.29, 1.82) is 0 Å². The van der Waals surface area contributed by atoms with Gasteiger partial charge in [0.2, 0.25) is 0 Å². The molecule has 1 atom stereocenters. The number of hydrogen-bond donors (Lipinski definition) is 1. The van der Waals surface area contributed by atoms with E-state index in [4.69, 9.17) is 0 Å². The fraction of sp³-hybridized carbons (Fsp3) is 0.647. The molecule has 2 aliphatic rings. The highest BCUT2D eigenvalue weighted by Crippen LogP contribution is 2.23. The summed E-state index contributed by atoms with van der Waals surface area (Å²) in [7, 11) is 0. The smallest absolute Gasteiger partial charge is 0.0372 e. The van der Waals surface area contributed by atoms with E-state index < -0.39 is 0 Å². The van der Waals surface area contributed by atoms with E-state index in [9.17, 15) is 0 Å². The van der Waals surface area contributed by atoms with Crippen LogP contribution in [0.3, 0.4) is 0 Å². The summed E-state index contributed by atoms with van der Waals surface area (Å²) in [4.78, 5) is 2.64. The molecule has 1 N–H and O–H groups in total. The van der Waals surface area contributed by atoms with Crippen LogP contribution in [0.15, 0.2) is 18.2 Å². The molecule has 0 spiro atoms. The van der Waals surface area contributed by atoms with Crippen molar-refractivity contribution >= 4 is 5.69 Å². The van der Waals surface area contributed by atoms with E-state index in [1.807, 2.05) is 0 Å². The minimum atomic E-state index is 0.890. The van der Waals surface area contributed by atoms with Crippen molar-refractivity contribution in [3.05, 3.63) is 29.3 Å². The van der Waals surface area contributed by atoms with Crippen LogP contribution in [-0.4, -0.2) is 31.1 Å². The van der Waals surface area contributed by atoms with Crippen LogP contribution >= 0.6 is 0 Å². The van der Waals surface area contributed by atoms with Gasteiger partial charge in [0.25, 0.3) is 0 Å². The van der Waals surface area contributed by atoms with Crippen LogP contribution in [0.4, 0.5) is 5.69 Å². The molecule has 0 amide bonds. The second kappa shape index (κ2) is 5.96. The summed E-state index contributed by atoms with van der Waals surface area (Å²) in [6, 6.07) is 7.02. The second-order valence-corrected chi connectivity index (χ2v) is 6.32. The molecule has 19 heavy (non-hydrogen) atoms. The number of aryl methyl sites for hydroxylation is 1. The average molecular weight is 258 g/mol. The van der Waals surface area contributed by atoms with Gasteiger partial charge in [-0.3, -0.25) is 0 Å². The number of nitrogens with zero attached hydrogens (tertiary/aromatic N) is 1. The molecule has 1 aromatic rings. The summed E-state index contributed by atoms with van der Waals surface area (Å²) >= 11 is 0. The first kappa shape index (κ1) is 13.0. The SMILES string of the molecule is CC1CCCN(CCc2ccc3c(c2)CCCN3)C1. The number of fused-ring (bicyclic) bond motifs is 1. The number of benzene rings is 1. The molecule has 2 nitrogen and oxygen atoms in total. The van der Waals surface area contributed by atoms with E-state index in [0.29, 0.717) is 0 Å². The molecule has 1 unspecified atom stereocenters. The van der Waals surface area contributed by atoms with Gasteiger partial charge in [-0.25, -0.2) is 0 Å². The normalized spacial score (nSPS) is 23.7. The minimum absolute atomic E-state index is 0.890. The van der Waals surface area contributed by atoms with Gasteiger partial charge < -0.3 is 10.2 Å². The first-order valence-corrected chi connectivity index (χ1v) is 7.89. The van der Waals surface area contributed by atoms with Crippen molar-refractivity contribution in [3.63, 3.8) is 0 Å². The molecule has 0 saturated carbocycles. The third-order valence-corrected chi connectivity index (χ3v) is 4.57. The van der Waals surface area contributed by atoms with Crippen molar-refractivity contribution in [1.82, 2.24) is 4.90 Å². The van der Waals surface area contributed by atoms with Crippen LogP contribution in [0, 0.1) is 5.92 Å². The Balaban J connectivity index is 1.57. The third-order valence-electron chi connectivity index (χ3n) is 4.57. The lowest BCUT2D eigenvalue weighted by molar-refractivity contribution is 0.186. The van der Waals surface area contributed by atoms with Gasteiger partial charge in [0, 0.05) is 25.3 Å². The van der Waals surface area contributed by atoms with Gasteiger partial charge in [-0.15, -0.1) is 0 Å². The Hall–Kier alpha value is -1.02. The van der Waals surface area contributed by atoms with Crippen molar-refractivity contribution in [3.8, 4) is 0 Å². The maximum absolute atomic E-state index is 3.49. The molecular formula is C17H26N2. The Morgan fingerprint density at radius 1 is 1.32 bits per heavy atom. The maximum Gasteiger partial charge on any atom is 0.0372 e. The predicted molar refractivity (Wildman–Crippen MR) is 81.8 cm³/mol. The zero-order valence-corrected chi connectivity index (χ0v) is 12.1. The van der Waals surface area contributed by atoms with Crippen LogP contribution in [0.1, 0.15) is 37.3 Å². The molecule has 0 radical (unpaired) electrons. The lowest BCUT2D eigenvalue weighted by Crippen LogP contribution is -2.35. The van der Waals surface area contributed by atoms with E-state index in [0.717, 1.165) is 12.5 Å². The number of likely N-dealkylation sites (tertiary alicyclic amines) is 1. The molecule has 0 bridgehead atoms. The van der Waals surface area contributed by atoms with Gasteiger partial charge in [0.05, 0.1) is 0 Å². The van der Waals surface area contributed by atoms with Crippen LogP contribution in [0.5, 0.6) is 0 Å². The fourth-order valence-corrected chi connectivity index (χ4v) is 3.46. The van der Waals surface area contributed by atoms with E-state index in [2.05, 4.69) is 35.3 Å². The Bertz CT molecular complexity index is 427. The van der Waals surface area contributed by atoms with Gasteiger partial charge >= 0.3 is 0 Å². The second-order valence-electron chi connectivity index (χ2n) is 6.32. The van der Waals surface area contributed by atoms with Gasteiger partial charge in [-0.2, -0.15) is 0 Å². The van der Waals surface area contributed by atoms with Gasteiger partial charge in [0.1, 0.15) is 0 Å². The van der Waals surface area contributed by atoms with Gasteiger partial charge in [0.15, 0.2) is 0 Å². The molecule has 0 aromatic heterocycles. The summed E-state index contributed by atoms with van der Waals surface area (Å²) < 4.78 is 0. The maximum atomic E-state index is 3.49. The molecule has 2 heteroatoms. The van der Waals surface area contributed by atoms with E-state index >= 15 is 0 Å². The molecular weight excluding hydrogens is 232 g/mol. The monoisotopic (exact) mass is 258 g/mol. The van der Waals surface area contributed by atoms with Gasteiger partial charge in [-0.1, -0.05) is 19.1 Å². The highest BCUT2D eigenvalue weighted by atomic mass is 15.1. The summed E-state index contributed by atoms with van der Waals surface area (Å²) in [5, 5.41) is 3.49. The number of piperidine rings is 1. The lowest BCUT2D eigenvalue weighted by atomic mass is 9.98. The Morgan fingerprint density at radius 3 is 3.16 bits per heavy atom. The Kier molecular flexibility index (Phi) is 4.07. The summed E-state index contributed by atoms with van der Waals surface area (Å²) in [5.74, 6) is 0.890. The zero-order chi connectivity index (χ0) is 13.1. The van der Waals surface area contributed by atoms with E-state index in [1.54, 1.807) is 0 Å². The Morgan fingerprint density at radius 2 is 2.26 bits per heavy atom. The minimum Gasteiger partial charge on any atom is -0.385 e. The molecule has 104 valence electrons. The summed E-state index contributed by atoms with van der Waals surface area (Å²) in [5.41, 5.74) is 4.40. The van der Waals surface area contributed by atoms with Crippen molar-refractivity contribution in [2.75, 3.05) is 31.5 Å². The molecule has 2 aliphatic heterocycles. The first-order chi connectivity index (χ1) is 9.31.